The minimum Gasteiger partial charge on any atom is -0.493 e. The first-order valence-corrected chi connectivity index (χ1v) is 9.55. The molecular weight excluding hydrogens is 392 g/mol. The molecule has 1 N–H and O–H groups in total. The summed E-state index contributed by atoms with van der Waals surface area (Å²) < 4.78 is 5.63. The number of rotatable bonds is 6. The largest absolute Gasteiger partial charge is 0.493 e. The maximum absolute atomic E-state index is 13.0. The SMILES string of the molecule is CC(=O)Nc1ccc(C2=C(Cl)C(=O)N(c3ccc(OCC(C)C)cc3)C2=O)cc1. The van der Waals surface area contributed by atoms with Gasteiger partial charge in [-0.25, -0.2) is 4.90 Å². The zero-order valence-corrected chi connectivity index (χ0v) is 17.1. The van der Waals surface area contributed by atoms with E-state index in [0.29, 0.717) is 35.2 Å². The number of hydrogen-bond donors (Lipinski definition) is 1. The Morgan fingerprint density at radius 3 is 2.21 bits per heavy atom. The first kappa shape index (κ1) is 20.6. The molecule has 7 heteroatoms. The molecule has 0 saturated carbocycles. The summed E-state index contributed by atoms with van der Waals surface area (Å²) in [5.74, 6) is -0.223. The predicted molar refractivity (Wildman–Crippen MR) is 113 cm³/mol. The lowest BCUT2D eigenvalue weighted by atomic mass is 10.1. The van der Waals surface area contributed by atoms with Crippen molar-refractivity contribution in [2.45, 2.75) is 20.8 Å². The Kier molecular flexibility index (Phi) is 6.03. The zero-order chi connectivity index (χ0) is 21.1. The van der Waals surface area contributed by atoms with Crippen LogP contribution < -0.4 is 15.0 Å². The van der Waals surface area contributed by atoms with E-state index in [1.807, 2.05) is 13.8 Å². The minimum atomic E-state index is -0.576. The first-order valence-electron chi connectivity index (χ1n) is 9.17. The summed E-state index contributed by atoms with van der Waals surface area (Å²) in [6.07, 6.45) is 0. The van der Waals surface area contributed by atoms with Crippen molar-refractivity contribution in [3.05, 3.63) is 59.1 Å². The van der Waals surface area contributed by atoms with Crippen molar-refractivity contribution in [3.63, 3.8) is 0 Å². The van der Waals surface area contributed by atoms with Gasteiger partial charge in [0.05, 0.1) is 17.9 Å². The van der Waals surface area contributed by atoms with Gasteiger partial charge >= 0.3 is 0 Å². The topological polar surface area (TPSA) is 75.7 Å². The van der Waals surface area contributed by atoms with Gasteiger partial charge in [-0.2, -0.15) is 0 Å². The number of ether oxygens (including phenoxy) is 1. The van der Waals surface area contributed by atoms with Gasteiger partial charge in [0, 0.05) is 12.6 Å². The fraction of sp³-hybridized carbons (Fsp3) is 0.227. The molecule has 150 valence electrons. The zero-order valence-electron chi connectivity index (χ0n) is 16.4. The maximum Gasteiger partial charge on any atom is 0.277 e. The van der Waals surface area contributed by atoms with Gasteiger partial charge in [-0.15, -0.1) is 0 Å². The Balaban J connectivity index is 1.82. The van der Waals surface area contributed by atoms with E-state index in [4.69, 9.17) is 16.3 Å². The number of halogens is 1. The number of carbonyl (C=O) groups is 3. The van der Waals surface area contributed by atoms with E-state index >= 15 is 0 Å². The molecular formula is C22H21ClN2O4. The summed E-state index contributed by atoms with van der Waals surface area (Å²) in [6, 6.07) is 13.3. The molecule has 3 amide bonds. The van der Waals surface area contributed by atoms with Crippen molar-refractivity contribution in [1.29, 1.82) is 0 Å². The summed E-state index contributed by atoms with van der Waals surface area (Å²) in [5, 5.41) is 2.51. The highest BCUT2D eigenvalue weighted by molar-refractivity contribution is 6.60. The van der Waals surface area contributed by atoms with Crippen LogP contribution in [0, 0.1) is 5.92 Å². The lowest BCUT2D eigenvalue weighted by molar-refractivity contribution is -0.120. The normalized spacial score (nSPS) is 14.0. The lowest BCUT2D eigenvalue weighted by Crippen LogP contribution is -2.31. The van der Waals surface area contributed by atoms with E-state index < -0.39 is 11.8 Å². The second kappa shape index (κ2) is 8.49. The van der Waals surface area contributed by atoms with Gasteiger partial charge in [0.2, 0.25) is 5.91 Å². The fourth-order valence-corrected chi connectivity index (χ4v) is 3.14. The average molecular weight is 413 g/mol. The highest BCUT2D eigenvalue weighted by atomic mass is 35.5. The van der Waals surface area contributed by atoms with Gasteiger partial charge in [0.25, 0.3) is 11.8 Å². The number of nitrogens with one attached hydrogen (secondary N) is 1. The van der Waals surface area contributed by atoms with Crippen molar-refractivity contribution >= 4 is 46.3 Å². The molecule has 1 aliphatic heterocycles. The average Bonchev–Trinajstić information content (AvgIpc) is 2.90. The number of imide groups is 1. The molecule has 0 unspecified atom stereocenters. The molecule has 0 bridgehead atoms. The molecule has 1 aliphatic rings. The lowest BCUT2D eigenvalue weighted by Gasteiger charge is -2.16. The van der Waals surface area contributed by atoms with Crippen LogP contribution in [0.5, 0.6) is 5.75 Å². The smallest absolute Gasteiger partial charge is 0.277 e. The van der Waals surface area contributed by atoms with Crippen LogP contribution in [0.25, 0.3) is 5.57 Å². The highest BCUT2D eigenvalue weighted by Crippen LogP contribution is 2.35. The Labute approximate surface area is 174 Å². The third-order valence-electron chi connectivity index (χ3n) is 4.20. The van der Waals surface area contributed by atoms with E-state index in [9.17, 15) is 14.4 Å². The van der Waals surface area contributed by atoms with Gasteiger partial charge < -0.3 is 10.1 Å². The number of carbonyl (C=O) groups excluding carboxylic acids is 3. The van der Waals surface area contributed by atoms with E-state index in [0.717, 1.165) is 4.90 Å². The summed E-state index contributed by atoms with van der Waals surface area (Å²) in [4.78, 5) is 37.8. The maximum atomic E-state index is 13.0. The van der Waals surface area contributed by atoms with Crippen molar-refractivity contribution in [1.82, 2.24) is 0 Å². The van der Waals surface area contributed by atoms with Crippen LogP contribution in [0.1, 0.15) is 26.3 Å². The Hall–Kier alpha value is -3.12. The number of hydrogen-bond acceptors (Lipinski definition) is 4. The molecule has 0 radical (unpaired) electrons. The molecule has 0 fully saturated rings. The molecule has 29 heavy (non-hydrogen) atoms. The van der Waals surface area contributed by atoms with E-state index in [1.165, 1.54) is 6.92 Å². The molecule has 0 spiro atoms. The number of nitrogens with zero attached hydrogens (tertiary/aromatic N) is 1. The van der Waals surface area contributed by atoms with Crippen LogP contribution in [-0.2, 0) is 14.4 Å². The summed E-state index contributed by atoms with van der Waals surface area (Å²) >= 11 is 6.22. The number of amides is 3. The third kappa shape index (κ3) is 4.49. The molecule has 0 aromatic heterocycles. The summed E-state index contributed by atoms with van der Waals surface area (Å²) in [5.41, 5.74) is 1.64. The van der Waals surface area contributed by atoms with Gasteiger partial charge in [0.1, 0.15) is 10.8 Å². The van der Waals surface area contributed by atoms with Crippen molar-refractivity contribution < 1.29 is 19.1 Å². The van der Waals surface area contributed by atoms with E-state index in [2.05, 4.69) is 5.32 Å². The van der Waals surface area contributed by atoms with Crippen molar-refractivity contribution in [2.75, 3.05) is 16.8 Å². The van der Waals surface area contributed by atoms with Crippen LogP contribution in [0.2, 0.25) is 0 Å². The standard InChI is InChI=1S/C22H21ClN2O4/c1-13(2)12-29-18-10-8-17(9-11-18)25-21(27)19(20(23)22(25)28)15-4-6-16(7-5-15)24-14(3)26/h4-11,13H,12H2,1-3H3,(H,24,26). The molecule has 3 rings (SSSR count). The summed E-state index contributed by atoms with van der Waals surface area (Å²) in [6.45, 7) is 6.08. The first-order chi connectivity index (χ1) is 13.8. The molecule has 0 aliphatic carbocycles. The van der Waals surface area contributed by atoms with Crippen LogP contribution in [0.4, 0.5) is 11.4 Å². The quantitative estimate of drug-likeness (QED) is 0.721. The second-order valence-corrected chi connectivity index (χ2v) is 7.47. The molecule has 6 nitrogen and oxygen atoms in total. The number of anilines is 2. The van der Waals surface area contributed by atoms with E-state index in [-0.39, 0.29) is 16.5 Å². The Morgan fingerprint density at radius 2 is 1.66 bits per heavy atom. The third-order valence-corrected chi connectivity index (χ3v) is 4.55. The van der Waals surface area contributed by atoms with Crippen LogP contribution in [0.15, 0.2) is 53.6 Å². The predicted octanol–water partition coefficient (Wildman–Crippen LogP) is 4.20. The fourth-order valence-electron chi connectivity index (χ4n) is 2.87. The highest BCUT2D eigenvalue weighted by Gasteiger charge is 2.39. The molecule has 1 heterocycles. The number of benzene rings is 2. The van der Waals surface area contributed by atoms with Gasteiger partial charge in [-0.1, -0.05) is 37.6 Å². The van der Waals surface area contributed by atoms with Crippen LogP contribution >= 0.6 is 11.6 Å². The van der Waals surface area contributed by atoms with Crippen molar-refractivity contribution in [2.24, 2.45) is 5.92 Å². The monoisotopic (exact) mass is 412 g/mol. The van der Waals surface area contributed by atoms with Gasteiger partial charge in [-0.05, 0) is 47.9 Å². The van der Waals surface area contributed by atoms with Crippen LogP contribution in [0.3, 0.4) is 0 Å². The molecule has 0 saturated heterocycles. The van der Waals surface area contributed by atoms with Crippen LogP contribution in [-0.4, -0.2) is 24.3 Å². The minimum absolute atomic E-state index is 0.131. The Bertz CT molecular complexity index is 979. The Morgan fingerprint density at radius 1 is 1.03 bits per heavy atom. The summed E-state index contributed by atoms with van der Waals surface area (Å²) in [7, 11) is 0. The van der Waals surface area contributed by atoms with Crippen molar-refractivity contribution in [3.8, 4) is 5.75 Å². The second-order valence-electron chi connectivity index (χ2n) is 7.09. The molecule has 2 aromatic rings. The molecule has 2 aromatic carbocycles. The molecule has 0 atom stereocenters. The van der Waals surface area contributed by atoms with Gasteiger partial charge in [0.15, 0.2) is 0 Å². The van der Waals surface area contributed by atoms with Gasteiger partial charge in [-0.3, -0.25) is 14.4 Å². The van der Waals surface area contributed by atoms with E-state index in [1.54, 1.807) is 48.5 Å².